The highest BCUT2D eigenvalue weighted by atomic mass is 127. The summed E-state index contributed by atoms with van der Waals surface area (Å²) in [5, 5.41) is 2.87. The van der Waals surface area contributed by atoms with Gasteiger partial charge in [-0.05, 0) is 32.8 Å². The van der Waals surface area contributed by atoms with E-state index in [-0.39, 0.29) is 12.1 Å². The predicted molar refractivity (Wildman–Crippen MR) is 95.5 cm³/mol. The maximum absolute atomic E-state index is 12.0. The molecule has 4 nitrogen and oxygen atoms in total. The second kappa shape index (κ2) is 9.01. The van der Waals surface area contributed by atoms with Crippen LogP contribution in [0.3, 0.4) is 0 Å². The Balaban J connectivity index is 2.86. The Bertz CT molecular complexity index is 505. The Morgan fingerprint density at radius 3 is 2.50 bits per heavy atom. The number of carbonyl (C=O) groups excluding carboxylic acids is 1. The highest BCUT2D eigenvalue weighted by molar-refractivity contribution is 14.1. The third-order valence-electron chi connectivity index (χ3n) is 2.89. The van der Waals surface area contributed by atoms with Crippen LogP contribution in [0.5, 0.6) is 0 Å². The highest BCUT2D eigenvalue weighted by Crippen LogP contribution is 2.26. The number of alkyl carbamates (subject to hydrolysis) is 1. The number of rotatable bonds is 6. The number of terminal acetylenes is 1. The zero-order valence-corrected chi connectivity index (χ0v) is 15.3. The minimum absolute atomic E-state index is 0.259. The van der Waals surface area contributed by atoms with Crippen LogP contribution >= 0.6 is 23.0 Å². The van der Waals surface area contributed by atoms with Crippen molar-refractivity contribution in [1.29, 1.82) is 0 Å². The number of ether oxygens (including phenoxy) is 1. The zero-order valence-electron chi connectivity index (χ0n) is 13.1. The van der Waals surface area contributed by atoms with Crippen LogP contribution in [0.4, 0.5) is 4.79 Å². The van der Waals surface area contributed by atoms with E-state index in [1.807, 2.05) is 74.1 Å². The van der Waals surface area contributed by atoms with Crippen LogP contribution < -0.4 is 5.32 Å². The molecule has 0 bridgehead atoms. The van der Waals surface area contributed by atoms with Gasteiger partial charge in [-0.3, -0.25) is 0 Å². The van der Waals surface area contributed by atoms with Crippen molar-refractivity contribution in [2.24, 2.45) is 0 Å². The Hall–Kier alpha value is -1.26. The van der Waals surface area contributed by atoms with E-state index in [1.165, 1.54) is 0 Å². The number of hydrogen-bond acceptors (Lipinski definition) is 3. The number of hydrogen-bond donors (Lipinski definition) is 1. The van der Waals surface area contributed by atoms with Crippen LogP contribution in [0, 0.1) is 12.3 Å². The van der Waals surface area contributed by atoms with E-state index in [4.69, 9.17) is 14.2 Å². The lowest BCUT2D eigenvalue weighted by Crippen LogP contribution is -2.42. The average molecular weight is 415 g/mol. The third kappa shape index (κ3) is 6.67. The number of benzene rings is 1. The van der Waals surface area contributed by atoms with Crippen molar-refractivity contribution in [3.63, 3.8) is 0 Å². The average Bonchev–Trinajstić information content (AvgIpc) is 2.44. The summed E-state index contributed by atoms with van der Waals surface area (Å²) >= 11 is 1.85. The molecule has 0 saturated carbocycles. The SMILES string of the molecule is C#CCC[C@H](NC(=O)OC(C)(C)C)[C@@H](OI)c1ccccc1. The van der Waals surface area contributed by atoms with E-state index in [9.17, 15) is 4.79 Å². The van der Waals surface area contributed by atoms with Gasteiger partial charge >= 0.3 is 6.09 Å². The predicted octanol–water partition coefficient (Wildman–Crippen LogP) is 4.40. The zero-order chi connectivity index (χ0) is 16.6. The Kier molecular flexibility index (Phi) is 7.69. The van der Waals surface area contributed by atoms with E-state index in [2.05, 4.69) is 11.2 Å². The minimum Gasteiger partial charge on any atom is -0.444 e. The Morgan fingerprint density at radius 1 is 1.36 bits per heavy atom. The lowest BCUT2D eigenvalue weighted by molar-refractivity contribution is 0.0461. The monoisotopic (exact) mass is 415 g/mol. The van der Waals surface area contributed by atoms with Gasteiger partial charge in [-0.15, -0.1) is 12.3 Å². The second-order valence-corrected chi connectivity index (χ2v) is 6.42. The van der Waals surface area contributed by atoms with Crippen molar-refractivity contribution < 1.29 is 12.6 Å². The van der Waals surface area contributed by atoms with E-state index < -0.39 is 11.7 Å². The maximum Gasteiger partial charge on any atom is 0.407 e. The van der Waals surface area contributed by atoms with Gasteiger partial charge in [-0.2, -0.15) is 0 Å². The van der Waals surface area contributed by atoms with Crippen LogP contribution in [-0.2, 0) is 7.80 Å². The van der Waals surface area contributed by atoms with Crippen molar-refractivity contribution in [1.82, 2.24) is 5.32 Å². The summed E-state index contributed by atoms with van der Waals surface area (Å²) in [7, 11) is 0. The van der Waals surface area contributed by atoms with Gasteiger partial charge in [0, 0.05) is 6.42 Å². The normalized spacial score (nSPS) is 13.8. The lowest BCUT2D eigenvalue weighted by Gasteiger charge is -2.28. The number of halogens is 1. The smallest absolute Gasteiger partial charge is 0.407 e. The summed E-state index contributed by atoms with van der Waals surface area (Å²) in [5.41, 5.74) is 0.434. The molecule has 0 radical (unpaired) electrons. The maximum atomic E-state index is 12.0. The first kappa shape index (κ1) is 18.8. The first-order valence-electron chi connectivity index (χ1n) is 7.12. The highest BCUT2D eigenvalue weighted by Gasteiger charge is 2.27. The standard InChI is InChI=1S/C17H22INO3/c1-5-6-12-14(19-16(20)21-17(2,3)4)15(22-18)13-10-8-7-9-11-13/h1,7-11,14-15H,6,12H2,2-4H3,(H,19,20)/t14-,15-/m0/s1. The van der Waals surface area contributed by atoms with Crippen molar-refractivity contribution in [3.8, 4) is 12.3 Å². The molecule has 0 aromatic heterocycles. The largest absolute Gasteiger partial charge is 0.444 e. The van der Waals surface area contributed by atoms with E-state index in [0.717, 1.165) is 5.56 Å². The molecule has 0 heterocycles. The number of carbonyl (C=O) groups is 1. The molecular formula is C17H22INO3. The molecule has 0 spiro atoms. The fourth-order valence-electron chi connectivity index (χ4n) is 1.99. The van der Waals surface area contributed by atoms with Crippen LogP contribution in [0.15, 0.2) is 30.3 Å². The summed E-state index contributed by atoms with van der Waals surface area (Å²) in [6, 6.07) is 9.47. The molecule has 2 atom stereocenters. The van der Waals surface area contributed by atoms with Crippen LogP contribution in [0.1, 0.15) is 45.3 Å². The van der Waals surface area contributed by atoms with Crippen molar-refractivity contribution >= 4 is 29.1 Å². The van der Waals surface area contributed by atoms with Gasteiger partial charge < -0.3 is 13.1 Å². The van der Waals surface area contributed by atoms with Gasteiger partial charge in [0.05, 0.1) is 6.04 Å². The van der Waals surface area contributed by atoms with Gasteiger partial charge in [-0.25, -0.2) is 4.79 Å². The van der Waals surface area contributed by atoms with E-state index >= 15 is 0 Å². The third-order valence-corrected chi connectivity index (χ3v) is 3.44. The lowest BCUT2D eigenvalue weighted by atomic mass is 9.98. The fourth-order valence-corrected chi connectivity index (χ4v) is 2.63. The first-order chi connectivity index (χ1) is 10.4. The molecule has 0 aliphatic carbocycles. The molecule has 1 aromatic carbocycles. The molecule has 0 unspecified atom stereocenters. The van der Waals surface area contributed by atoms with Crippen LogP contribution in [-0.4, -0.2) is 17.7 Å². The molecule has 0 saturated heterocycles. The van der Waals surface area contributed by atoms with Crippen LogP contribution in [0.25, 0.3) is 0 Å². The Morgan fingerprint density at radius 2 is 2.00 bits per heavy atom. The molecule has 120 valence electrons. The van der Waals surface area contributed by atoms with Crippen molar-refractivity contribution in [3.05, 3.63) is 35.9 Å². The molecule has 1 N–H and O–H groups in total. The molecular weight excluding hydrogens is 393 g/mol. The minimum atomic E-state index is -0.547. The number of amides is 1. The van der Waals surface area contributed by atoms with Gasteiger partial charge in [0.1, 0.15) is 34.7 Å². The van der Waals surface area contributed by atoms with Gasteiger partial charge in [-0.1, -0.05) is 30.3 Å². The fraction of sp³-hybridized carbons (Fsp3) is 0.471. The molecule has 0 fully saturated rings. The van der Waals surface area contributed by atoms with E-state index in [0.29, 0.717) is 12.8 Å². The Labute approximate surface area is 146 Å². The van der Waals surface area contributed by atoms with Crippen molar-refractivity contribution in [2.45, 2.75) is 51.4 Å². The molecule has 1 amide bonds. The summed E-state index contributed by atoms with van der Waals surface area (Å²) < 4.78 is 10.9. The first-order valence-corrected chi connectivity index (χ1v) is 8.01. The van der Waals surface area contributed by atoms with Crippen molar-refractivity contribution in [2.75, 3.05) is 0 Å². The summed E-state index contributed by atoms with van der Waals surface area (Å²) in [4.78, 5) is 12.0. The summed E-state index contributed by atoms with van der Waals surface area (Å²) in [6.45, 7) is 5.48. The van der Waals surface area contributed by atoms with E-state index in [1.54, 1.807) is 0 Å². The molecule has 0 aliphatic heterocycles. The van der Waals surface area contributed by atoms with Gasteiger partial charge in [0.2, 0.25) is 0 Å². The molecule has 1 rings (SSSR count). The quantitative estimate of drug-likeness (QED) is 0.554. The van der Waals surface area contributed by atoms with Gasteiger partial charge in [0.15, 0.2) is 0 Å². The second-order valence-electron chi connectivity index (χ2n) is 5.92. The number of nitrogens with one attached hydrogen (secondary N) is 1. The molecule has 0 aliphatic rings. The topological polar surface area (TPSA) is 47.6 Å². The summed E-state index contributed by atoms with van der Waals surface area (Å²) in [5.74, 6) is 2.60. The molecule has 5 heteroatoms. The molecule has 1 aromatic rings. The summed E-state index contributed by atoms with van der Waals surface area (Å²) in [6.07, 6.45) is 5.75. The molecule has 22 heavy (non-hydrogen) atoms. The van der Waals surface area contributed by atoms with Crippen LogP contribution in [0.2, 0.25) is 0 Å². The van der Waals surface area contributed by atoms with Gasteiger partial charge in [0.25, 0.3) is 0 Å².